The van der Waals surface area contributed by atoms with E-state index < -0.39 is 0 Å². The van der Waals surface area contributed by atoms with Crippen molar-refractivity contribution < 1.29 is 4.79 Å². The number of carbonyl (C=O) groups is 1. The molecule has 3 aromatic rings. The number of alkyl halides is 1. The van der Waals surface area contributed by atoms with E-state index >= 15 is 0 Å². The van der Waals surface area contributed by atoms with Crippen molar-refractivity contribution in [2.45, 2.75) is 30.7 Å². The van der Waals surface area contributed by atoms with E-state index in [9.17, 15) is 4.79 Å². The highest BCUT2D eigenvalue weighted by Crippen LogP contribution is 2.32. The van der Waals surface area contributed by atoms with Crippen LogP contribution in [0.4, 0.5) is 11.5 Å². The summed E-state index contributed by atoms with van der Waals surface area (Å²) in [6.07, 6.45) is 2.81. The smallest absolute Gasteiger partial charge is 0.251 e. The Bertz CT molecular complexity index is 1040. The van der Waals surface area contributed by atoms with Gasteiger partial charge in [-0.2, -0.15) is 0 Å². The lowest BCUT2D eigenvalue weighted by atomic mass is 9.85. The van der Waals surface area contributed by atoms with Crippen LogP contribution in [0.5, 0.6) is 0 Å². The monoisotopic (exact) mass is 436 g/mol. The van der Waals surface area contributed by atoms with Gasteiger partial charge < -0.3 is 15.5 Å². The summed E-state index contributed by atoms with van der Waals surface area (Å²) in [4.78, 5) is 19.2. The molecule has 2 aromatic carbocycles. The molecule has 1 aromatic heterocycles. The minimum absolute atomic E-state index is 0.0103. The van der Waals surface area contributed by atoms with Gasteiger partial charge in [0, 0.05) is 54.8 Å². The number of pyridine rings is 1. The number of hydrogen-bond acceptors (Lipinski definition) is 4. The Hall–Kier alpha value is -2.79. The van der Waals surface area contributed by atoms with Crippen LogP contribution < -0.4 is 15.5 Å². The lowest BCUT2D eigenvalue weighted by Gasteiger charge is -2.33. The number of anilines is 2. The van der Waals surface area contributed by atoms with Crippen LogP contribution in [0.15, 0.2) is 60.7 Å². The average molecular weight is 437 g/mol. The standard InChI is InChI=1S/C25H29ClN4O/c1-30(2)23-15-24(29-22-11-7-6-10-20(22)23)28-19-13-12-18(21(26)14-19)16-27-25(31)17-8-4-3-5-9-17/h3-11,15,18-19,21H,12-14,16H2,1-2H3,(H,27,31)(H,28,29). The van der Waals surface area contributed by atoms with Crippen molar-refractivity contribution in [1.82, 2.24) is 10.3 Å². The molecule has 0 saturated heterocycles. The molecule has 1 aliphatic rings. The van der Waals surface area contributed by atoms with Crippen molar-refractivity contribution in [2.75, 3.05) is 30.9 Å². The van der Waals surface area contributed by atoms with E-state index in [0.29, 0.717) is 12.1 Å². The zero-order valence-corrected chi connectivity index (χ0v) is 18.8. The molecule has 1 fully saturated rings. The largest absolute Gasteiger partial charge is 0.377 e. The van der Waals surface area contributed by atoms with Crippen molar-refractivity contribution in [3.8, 4) is 0 Å². The highest BCUT2D eigenvalue weighted by molar-refractivity contribution is 6.21. The summed E-state index contributed by atoms with van der Waals surface area (Å²) in [7, 11) is 4.10. The number of nitrogens with zero attached hydrogens (tertiary/aromatic N) is 2. The number of carbonyl (C=O) groups excluding carboxylic acids is 1. The number of hydrogen-bond donors (Lipinski definition) is 2. The molecule has 1 amide bonds. The molecule has 1 saturated carbocycles. The second kappa shape index (κ2) is 9.56. The third kappa shape index (κ3) is 5.10. The number of benzene rings is 2. The Morgan fingerprint density at radius 2 is 1.84 bits per heavy atom. The average Bonchev–Trinajstić information content (AvgIpc) is 2.78. The number of aromatic nitrogens is 1. The zero-order valence-electron chi connectivity index (χ0n) is 18.0. The predicted molar refractivity (Wildman–Crippen MR) is 129 cm³/mol. The number of rotatable bonds is 6. The summed E-state index contributed by atoms with van der Waals surface area (Å²) < 4.78 is 0. The van der Waals surface area contributed by atoms with Crippen LogP contribution in [-0.4, -0.2) is 43.0 Å². The lowest BCUT2D eigenvalue weighted by molar-refractivity contribution is 0.0944. The van der Waals surface area contributed by atoms with Gasteiger partial charge in [-0.25, -0.2) is 4.98 Å². The third-order valence-electron chi connectivity index (χ3n) is 6.00. The maximum atomic E-state index is 12.3. The van der Waals surface area contributed by atoms with Gasteiger partial charge in [0.15, 0.2) is 0 Å². The first-order valence-electron chi connectivity index (χ1n) is 10.8. The predicted octanol–water partition coefficient (Wildman–Crippen LogP) is 4.92. The Labute approximate surface area is 188 Å². The molecule has 31 heavy (non-hydrogen) atoms. The fourth-order valence-corrected chi connectivity index (χ4v) is 4.69. The Morgan fingerprint density at radius 3 is 2.58 bits per heavy atom. The van der Waals surface area contributed by atoms with Crippen LogP contribution in [-0.2, 0) is 0 Å². The van der Waals surface area contributed by atoms with E-state index in [1.165, 1.54) is 0 Å². The highest BCUT2D eigenvalue weighted by Gasteiger charge is 2.29. The van der Waals surface area contributed by atoms with Crippen molar-refractivity contribution in [3.05, 3.63) is 66.2 Å². The Balaban J connectivity index is 1.36. The second-order valence-electron chi connectivity index (χ2n) is 8.44. The normalized spacial score (nSPS) is 20.9. The Morgan fingerprint density at radius 1 is 1.10 bits per heavy atom. The first kappa shape index (κ1) is 21.4. The maximum absolute atomic E-state index is 12.3. The molecule has 162 valence electrons. The number of halogens is 1. The second-order valence-corrected chi connectivity index (χ2v) is 9.01. The van der Waals surface area contributed by atoms with Gasteiger partial charge in [0.25, 0.3) is 5.91 Å². The molecule has 0 aliphatic heterocycles. The summed E-state index contributed by atoms with van der Waals surface area (Å²) in [5.41, 5.74) is 2.81. The third-order valence-corrected chi connectivity index (χ3v) is 6.53. The maximum Gasteiger partial charge on any atom is 0.251 e. The van der Waals surface area contributed by atoms with Crippen LogP contribution in [0.25, 0.3) is 10.9 Å². The fourth-order valence-electron chi connectivity index (χ4n) is 4.26. The first-order chi connectivity index (χ1) is 15.0. The minimum atomic E-state index is -0.0405. The molecular weight excluding hydrogens is 408 g/mol. The van der Waals surface area contributed by atoms with Gasteiger partial charge in [-0.15, -0.1) is 11.6 Å². The van der Waals surface area contributed by atoms with Crippen molar-refractivity contribution >= 4 is 39.9 Å². The van der Waals surface area contributed by atoms with E-state index in [-0.39, 0.29) is 23.2 Å². The molecule has 1 aliphatic carbocycles. The number of fused-ring (bicyclic) bond motifs is 1. The molecule has 0 spiro atoms. The molecule has 3 atom stereocenters. The van der Waals surface area contributed by atoms with Crippen LogP contribution >= 0.6 is 11.6 Å². The van der Waals surface area contributed by atoms with E-state index in [4.69, 9.17) is 16.6 Å². The topological polar surface area (TPSA) is 57.3 Å². The van der Waals surface area contributed by atoms with Crippen LogP contribution in [0.1, 0.15) is 29.6 Å². The van der Waals surface area contributed by atoms with Crippen molar-refractivity contribution in [3.63, 3.8) is 0 Å². The van der Waals surface area contributed by atoms with Gasteiger partial charge in [-0.3, -0.25) is 4.79 Å². The molecule has 0 radical (unpaired) electrons. The molecule has 5 nitrogen and oxygen atoms in total. The van der Waals surface area contributed by atoms with Gasteiger partial charge >= 0.3 is 0 Å². The van der Waals surface area contributed by atoms with Gasteiger partial charge in [-0.1, -0.05) is 36.4 Å². The molecule has 0 bridgehead atoms. The fraction of sp³-hybridized carbons (Fsp3) is 0.360. The van der Waals surface area contributed by atoms with Crippen molar-refractivity contribution in [1.29, 1.82) is 0 Å². The summed E-state index contributed by atoms with van der Waals surface area (Å²) in [5.74, 6) is 1.11. The van der Waals surface area contributed by atoms with E-state index in [2.05, 4.69) is 41.8 Å². The molecule has 1 heterocycles. The van der Waals surface area contributed by atoms with Gasteiger partial charge in [-0.05, 0) is 43.4 Å². The summed E-state index contributed by atoms with van der Waals surface area (Å²) >= 11 is 6.73. The van der Waals surface area contributed by atoms with Gasteiger partial charge in [0.1, 0.15) is 5.82 Å². The molecule has 3 unspecified atom stereocenters. The lowest BCUT2D eigenvalue weighted by Crippen LogP contribution is -2.39. The van der Waals surface area contributed by atoms with Crippen molar-refractivity contribution in [2.24, 2.45) is 5.92 Å². The molecular formula is C25H29ClN4O. The van der Waals surface area contributed by atoms with Crippen LogP contribution in [0, 0.1) is 5.92 Å². The SMILES string of the molecule is CN(C)c1cc(NC2CCC(CNC(=O)c3ccccc3)C(Cl)C2)nc2ccccc12. The highest BCUT2D eigenvalue weighted by atomic mass is 35.5. The molecule has 2 N–H and O–H groups in total. The Kier molecular flexibility index (Phi) is 6.62. The van der Waals surface area contributed by atoms with E-state index in [1.54, 1.807) is 0 Å². The summed E-state index contributed by atoms with van der Waals surface area (Å²) in [6.45, 7) is 0.605. The number of nitrogens with one attached hydrogen (secondary N) is 2. The van der Waals surface area contributed by atoms with Gasteiger partial charge in [0.2, 0.25) is 0 Å². The molecule has 6 heteroatoms. The minimum Gasteiger partial charge on any atom is -0.377 e. The number of para-hydroxylation sites is 1. The van der Waals surface area contributed by atoms with E-state index in [1.807, 2.05) is 48.5 Å². The summed E-state index contributed by atoms with van der Waals surface area (Å²) in [5, 5.41) is 7.80. The molecule has 4 rings (SSSR count). The van der Waals surface area contributed by atoms with Crippen LogP contribution in [0.3, 0.4) is 0 Å². The first-order valence-corrected chi connectivity index (χ1v) is 11.3. The zero-order chi connectivity index (χ0) is 21.8. The quantitative estimate of drug-likeness (QED) is 0.538. The number of amides is 1. The van der Waals surface area contributed by atoms with Gasteiger partial charge in [0.05, 0.1) is 5.52 Å². The summed E-state index contributed by atoms with van der Waals surface area (Å²) in [6, 6.07) is 19.9. The van der Waals surface area contributed by atoms with Crippen LogP contribution in [0.2, 0.25) is 0 Å². The van der Waals surface area contributed by atoms with E-state index in [0.717, 1.165) is 41.7 Å².